The first-order chi connectivity index (χ1) is 8.47. The van der Waals surface area contributed by atoms with E-state index in [9.17, 15) is 8.42 Å². The molecule has 2 rings (SSSR count). The number of benzene rings is 1. The Morgan fingerprint density at radius 3 is 2.28 bits per heavy atom. The number of aryl methyl sites for hydroxylation is 1. The Balaban J connectivity index is 2.05. The van der Waals surface area contributed by atoms with Crippen LogP contribution in [0, 0.1) is 6.92 Å². The molecule has 0 atom stereocenters. The van der Waals surface area contributed by atoms with Crippen LogP contribution in [0.1, 0.15) is 18.4 Å². The highest BCUT2D eigenvalue weighted by molar-refractivity contribution is 8.72. The predicted molar refractivity (Wildman–Crippen MR) is 76.5 cm³/mol. The van der Waals surface area contributed by atoms with Crippen molar-refractivity contribution in [2.24, 2.45) is 0 Å². The topological polar surface area (TPSA) is 37.4 Å². The minimum Gasteiger partial charge on any atom is -0.306 e. The largest absolute Gasteiger partial charge is 0.306 e. The summed E-state index contributed by atoms with van der Waals surface area (Å²) in [6, 6.07) is 7.10. The van der Waals surface area contributed by atoms with Crippen LogP contribution >= 0.6 is 10.8 Å². The molecule has 0 bridgehead atoms. The zero-order valence-corrected chi connectivity index (χ0v) is 12.4. The predicted octanol–water partition coefficient (Wildman–Crippen LogP) is 2.51. The van der Waals surface area contributed by atoms with E-state index in [0.717, 1.165) is 42.3 Å². The van der Waals surface area contributed by atoms with Gasteiger partial charge in [0.15, 0.2) is 0 Å². The summed E-state index contributed by atoms with van der Waals surface area (Å²) in [6.07, 6.45) is 1.90. The van der Waals surface area contributed by atoms with Crippen LogP contribution < -0.4 is 0 Å². The molecule has 0 amide bonds. The number of rotatable bonds is 3. The number of hydrogen-bond donors (Lipinski definition) is 0. The van der Waals surface area contributed by atoms with Gasteiger partial charge in [0.05, 0.1) is 4.90 Å². The van der Waals surface area contributed by atoms with Crippen molar-refractivity contribution in [2.75, 3.05) is 20.1 Å². The zero-order valence-electron chi connectivity index (χ0n) is 10.8. The summed E-state index contributed by atoms with van der Waals surface area (Å²) in [5.41, 5.74) is 1.08. The summed E-state index contributed by atoms with van der Waals surface area (Å²) in [7, 11) is 0.0121. The van der Waals surface area contributed by atoms with Crippen molar-refractivity contribution >= 4 is 19.7 Å². The lowest BCUT2D eigenvalue weighted by atomic mass is 10.1. The Labute approximate surface area is 113 Å². The molecule has 1 aliphatic heterocycles. The number of piperidine rings is 1. The molecule has 0 unspecified atom stereocenters. The van der Waals surface area contributed by atoms with Gasteiger partial charge in [0, 0.05) is 5.25 Å². The summed E-state index contributed by atoms with van der Waals surface area (Å²) in [5, 5.41) is 0.229. The second-order valence-corrected chi connectivity index (χ2v) is 9.00. The molecule has 0 radical (unpaired) electrons. The van der Waals surface area contributed by atoms with Crippen LogP contribution in [0.15, 0.2) is 29.2 Å². The van der Waals surface area contributed by atoms with Crippen LogP contribution in [0.2, 0.25) is 0 Å². The van der Waals surface area contributed by atoms with Crippen molar-refractivity contribution in [1.29, 1.82) is 0 Å². The van der Waals surface area contributed by atoms with E-state index in [2.05, 4.69) is 11.9 Å². The monoisotopic (exact) mass is 285 g/mol. The van der Waals surface area contributed by atoms with Crippen LogP contribution in [-0.4, -0.2) is 38.7 Å². The Kier molecular flexibility index (Phi) is 4.35. The third-order valence-electron chi connectivity index (χ3n) is 3.24. The number of hydrogen-bond acceptors (Lipinski definition) is 4. The lowest BCUT2D eigenvalue weighted by Gasteiger charge is -2.27. The van der Waals surface area contributed by atoms with Crippen molar-refractivity contribution in [2.45, 2.75) is 29.9 Å². The molecular weight excluding hydrogens is 266 g/mol. The number of likely N-dealkylation sites (tertiary alicyclic amines) is 1. The first-order valence-electron chi connectivity index (χ1n) is 6.16. The van der Waals surface area contributed by atoms with Crippen LogP contribution in [0.3, 0.4) is 0 Å². The lowest BCUT2D eigenvalue weighted by Crippen LogP contribution is -2.31. The molecule has 0 N–H and O–H groups in total. The van der Waals surface area contributed by atoms with Crippen molar-refractivity contribution < 1.29 is 8.42 Å². The quantitative estimate of drug-likeness (QED) is 0.800. The second-order valence-electron chi connectivity index (χ2n) is 4.87. The molecule has 100 valence electrons. The van der Waals surface area contributed by atoms with Crippen LogP contribution in [-0.2, 0) is 8.87 Å². The normalized spacial score (nSPS) is 19.0. The molecule has 0 saturated carbocycles. The van der Waals surface area contributed by atoms with Gasteiger partial charge in [-0.2, -0.15) is 0 Å². The summed E-state index contributed by atoms with van der Waals surface area (Å²) in [5.74, 6) is 0. The van der Waals surface area contributed by atoms with E-state index >= 15 is 0 Å². The van der Waals surface area contributed by atoms with Crippen molar-refractivity contribution in [3.8, 4) is 0 Å². The number of nitrogens with zero attached hydrogens (tertiary/aromatic N) is 1. The molecule has 0 aromatic heterocycles. The van der Waals surface area contributed by atoms with Gasteiger partial charge in [-0.15, -0.1) is 0 Å². The Hall–Kier alpha value is -0.520. The fourth-order valence-corrected chi connectivity index (χ4v) is 5.68. The van der Waals surface area contributed by atoms with Gasteiger partial charge in [-0.3, -0.25) is 0 Å². The zero-order chi connectivity index (χ0) is 13.2. The average Bonchev–Trinajstić information content (AvgIpc) is 2.32. The molecule has 0 aliphatic carbocycles. The molecule has 1 aromatic carbocycles. The Morgan fingerprint density at radius 2 is 1.72 bits per heavy atom. The summed E-state index contributed by atoms with van der Waals surface area (Å²) in [4.78, 5) is 2.67. The Morgan fingerprint density at radius 1 is 1.17 bits per heavy atom. The molecular formula is C13H19NO2S2. The van der Waals surface area contributed by atoms with Gasteiger partial charge in [0.1, 0.15) is 0 Å². The standard InChI is InChI=1S/C13H19NO2S2/c1-11-3-5-13(6-4-11)18(15,16)17-12-7-9-14(2)10-8-12/h3-6,12H,7-10H2,1-2H3. The molecule has 18 heavy (non-hydrogen) atoms. The molecule has 1 aliphatic rings. The van der Waals surface area contributed by atoms with E-state index in [1.54, 1.807) is 12.1 Å². The molecule has 5 heteroatoms. The van der Waals surface area contributed by atoms with Gasteiger partial charge in [0.25, 0.3) is 0 Å². The molecule has 3 nitrogen and oxygen atoms in total. The van der Waals surface area contributed by atoms with Gasteiger partial charge >= 0.3 is 0 Å². The maximum Gasteiger partial charge on any atom is 0.230 e. The summed E-state index contributed by atoms with van der Waals surface area (Å²) in [6.45, 7) is 3.93. The highest BCUT2D eigenvalue weighted by Gasteiger charge is 2.25. The maximum atomic E-state index is 12.2. The molecule has 1 fully saturated rings. The van der Waals surface area contributed by atoms with E-state index in [-0.39, 0.29) is 5.25 Å². The maximum absolute atomic E-state index is 12.2. The van der Waals surface area contributed by atoms with Gasteiger partial charge in [-0.25, -0.2) is 8.42 Å². The molecule has 0 spiro atoms. The molecule has 1 heterocycles. The van der Waals surface area contributed by atoms with Gasteiger partial charge in [-0.1, -0.05) is 17.7 Å². The van der Waals surface area contributed by atoms with E-state index in [4.69, 9.17) is 0 Å². The van der Waals surface area contributed by atoms with Crippen LogP contribution in [0.25, 0.3) is 0 Å². The van der Waals surface area contributed by atoms with E-state index < -0.39 is 8.87 Å². The lowest BCUT2D eigenvalue weighted by molar-refractivity contribution is 0.282. The average molecular weight is 285 g/mol. The van der Waals surface area contributed by atoms with Crippen LogP contribution in [0.5, 0.6) is 0 Å². The fraction of sp³-hybridized carbons (Fsp3) is 0.538. The Bertz CT molecular complexity index is 488. The van der Waals surface area contributed by atoms with Crippen molar-refractivity contribution in [1.82, 2.24) is 4.90 Å². The summed E-state index contributed by atoms with van der Waals surface area (Å²) >= 11 is 0. The SMILES string of the molecule is Cc1ccc(S(=O)(=O)SC2CCN(C)CC2)cc1. The molecule has 1 aromatic rings. The third kappa shape index (κ3) is 3.49. The third-order valence-corrected chi connectivity index (χ3v) is 7.24. The minimum atomic E-state index is -3.20. The minimum absolute atomic E-state index is 0.229. The second kappa shape index (κ2) is 5.63. The van der Waals surface area contributed by atoms with Gasteiger partial charge in [-0.05, 0) is 62.8 Å². The van der Waals surface area contributed by atoms with E-state index in [1.807, 2.05) is 19.1 Å². The van der Waals surface area contributed by atoms with Gasteiger partial charge in [0.2, 0.25) is 8.87 Å². The van der Waals surface area contributed by atoms with Crippen molar-refractivity contribution in [3.63, 3.8) is 0 Å². The first kappa shape index (κ1) is 13.9. The first-order valence-corrected chi connectivity index (χ1v) is 9.04. The van der Waals surface area contributed by atoms with E-state index in [1.165, 1.54) is 0 Å². The highest BCUT2D eigenvalue weighted by atomic mass is 33.1. The smallest absolute Gasteiger partial charge is 0.230 e. The summed E-state index contributed by atoms with van der Waals surface area (Å²) < 4.78 is 24.5. The molecule has 1 saturated heterocycles. The van der Waals surface area contributed by atoms with Crippen molar-refractivity contribution in [3.05, 3.63) is 29.8 Å². The van der Waals surface area contributed by atoms with E-state index in [0.29, 0.717) is 4.90 Å². The van der Waals surface area contributed by atoms with Crippen LogP contribution in [0.4, 0.5) is 0 Å². The highest BCUT2D eigenvalue weighted by Crippen LogP contribution is 2.32. The van der Waals surface area contributed by atoms with Gasteiger partial charge < -0.3 is 4.90 Å². The fourth-order valence-electron chi connectivity index (χ4n) is 2.02.